The van der Waals surface area contributed by atoms with Gasteiger partial charge in [0, 0.05) is 18.4 Å². The summed E-state index contributed by atoms with van der Waals surface area (Å²) in [6, 6.07) is 6.63. The zero-order valence-corrected chi connectivity index (χ0v) is 11.4. The van der Waals surface area contributed by atoms with Gasteiger partial charge < -0.3 is 5.11 Å². The van der Waals surface area contributed by atoms with E-state index in [1.54, 1.807) is 0 Å². The van der Waals surface area contributed by atoms with Crippen LogP contribution >= 0.6 is 0 Å². The molecule has 104 valence electrons. The van der Waals surface area contributed by atoms with Crippen LogP contribution in [0.5, 0.6) is 0 Å². The van der Waals surface area contributed by atoms with E-state index in [4.69, 9.17) is 5.11 Å². The lowest BCUT2D eigenvalue weighted by molar-refractivity contribution is 0.296. The molecule has 1 aromatic carbocycles. The average molecular weight is 270 g/mol. The summed E-state index contributed by atoms with van der Waals surface area (Å²) in [6.07, 6.45) is 5.13. The largest absolute Gasteiger partial charge is 0.396 e. The van der Waals surface area contributed by atoms with Gasteiger partial charge in [0.05, 0.1) is 11.6 Å². The van der Waals surface area contributed by atoms with Gasteiger partial charge in [-0.3, -0.25) is 9.48 Å². The molecule has 1 N–H and O–H groups in total. The number of nitrogens with zero attached hydrogens (tertiary/aromatic N) is 2. The highest BCUT2D eigenvalue weighted by atomic mass is 16.3. The van der Waals surface area contributed by atoms with E-state index in [-0.39, 0.29) is 12.0 Å². The van der Waals surface area contributed by atoms with Gasteiger partial charge in [0.2, 0.25) is 5.43 Å². The van der Waals surface area contributed by atoms with Gasteiger partial charge in [-0.25, -0.2) is 0 Å². The molecule has 0 amide bonds. The number of hydrogen-bond acceptors (Lipinski definition) is 3. The van der Waals surface area contributed by atoms with E-state index in [1.165, 1.54) is 18.4 Å². The minimum atomic E-state index is -0.0292. The van der Waals surface area contributed by atoms with Crippen molar-refractivity contribution in [2.75, 3.05) is 6.61 Å². The molecule has 20 heavy (non-hydrogen) atoms. The maximum atomic E-state index is 12.4. The van der Waals surface area contributed by atoms with Crippen molar-refractivity contribution in [1.82, 2.24) is 9.78 Å². The topological polar surface area (TPSA) is 55.1 Å². The van der Waals surface area contributed by atoms with E-state index in [0.29, 0.717) is 24.1 Å². The van der Waals surface area contributed by atoms with Crippen molar-refractivity contribution in [2.45, 2.75) is 44.1 Å². The molecule has 2 saturated carbocycles. The van der Waals surface area contributed by atoms with Crippen LogP contribution < -0.4 is 5.43 Å². The third-order valence-electron chi connectivity index (χ3n) is 4.29. The molecule has 4 nitrogen and oxygen atoms in total. The van der Waals surface area contributed by atoms with Crippen molar-refractivity contribution >= 4 is 10.9 Å². The maximum absolute atomic E-state index is 12.4. The molecule has 0 aliphatic heterocycles. The lowest BCUT2D eigenvalue weighted by Gasteiger charge is -2.12. The van der Waals surface area contributed by atoms with Crippen molar-refractivity contribution in [3.8, 4) is 0 Å². The first-order chi connectivity index (χ1) is 9.78. The third kappa shape index (κ3) is 1.95. The van der Waals surface area contributed by atoms with Crippen molar-refractivity contribution in [3.05, 3.63) is 39.7 Å². The second-order valence-corrected chi connectivity index (χ2v) is 5.98. The number of fused-ring (bicyclic) bond motifs is 1. The molecule has 2 aliphatic rings. The van der Waals surface area contributed by atoms with Gasteiger partial charge in [-0.05, 0) is 49.3 Å². The van der Waals surface area contributed by atoms with Gasteiger partial charge in [0.25, 0.3) is 0 Å². The molecule has 2 aromatic rings. The van der Waals surface area contributed by atoms with Crippen molar-refractivity contribution in [2.24, 2.45) is 0 Å². The molecular weight excluding hydrogens is 252 g/mol. The SMILES string of the molecule is O=c1c(CCO)nn(C2CC2)c2cc(C3CC3)ccc12. The number of aliphatic hydroxyl groups is 1. The molecule has 4 rings (SSSR count). The highest BCUT2D eigenvalue weighted by Crippen LogP contribution is 2.42. The fraction of sp³-hybridized carbons (Fsp3) is 0.500. The summed E-state index contributed by atoms with van der Waals surface area (Å²) in [6.45, 7) is -0.0292. The van der Waals surface area contributed by atoms with Crippen molar-refractivity contribution in [3.63, 3.8) is 0 Å². The molecule has 1 heterocycles. The lowest BCUT2D eigenvalue weighted by Crippen LogP contribution is -2.20. The smallest absolute Gasteiger partial charge is 0.211 e. The fourth-order valence-corrected chi connectivity index (χ4v) is 2.85. The van der Waals surface area contributed by atoms with Crippen molar-refractivity contribution < 1.29 is 5.11 Å². The summed E-state index contributed by atoms with van der Waals surface area (Å²) in [5.41, 5.74) is 2.78. The Morgan fingerprint density at radius 2 is 2.05 bits per heavy atom. The molecule has 0 unspecified atom stereocenters. The predicted octanol–water partition coefficient (Wildman–Crippen LogP) is 2.14. The molecule has 2 fully saturated rings. The Bertz CT molecular complexity index is 727. The van der Waals surface area contributed by atoms with E-state index in [0.717, 1.165) is 23.7 Å². The summed E-state index contributed by atoms with van der Waals surface area (Å²) >= 11 is 0. The Labute approximate surface area is 117 Å². The highest BCUT2D eigenvalue weighted by Gasteiger charge is 2.28. The van der Waals surface area contributed by atoms with Gasteiger partial charge in [0.15, 0.2) is 0 Å². The average Bonchev–Trinajstić information content (AvgIpc) is 3.33. The highest BCUT2D eigenvalue weighted by molar-refractivity contribution is 5.80. The number of aliphatic hydroxyl groups excluding tert-OH is 1. The van der Waals surface area contributed by atoms with Crippen LogP contribution in [0.15, 0.2) is 23.0 Å². The Morgan fingerprint density at radius 1 is 1.25 bits per heavy atom. The normalized spacial score (nSPS) is 18.6. The van der Waals surface area contributed by atoms with Crippen LogP contribution in [0.1, 0.15) is 48.9 Å². The molecule has 1 aromatic heterocycles. The second kappa shape index (κ2) is 4.42. The monoisotopic (exact) mass is 270 g/mol. The number of hydrogen-bond donors (Lipinski definition) is 1. The number of rotatable bonds is 4. The molecule has 0 spiro atoms. The Morgan fingerprint density at radius 3 is 2.70 bits per heavy atom. The van der Waals surface area contributed by atoms with Crippen LogP contribution in [0, 0.1) is 0 Å². The van der Waals surface area contributed by atoms with Crippen LogP contribution in [0.4, 0.5) is 0 Å². The first-order valence-corrected chi connectivity index (χ1v) is 7.44. The van der Waals surface area contributed by atoms with E-state index in [2.05, 4.69) is 17.2 Å². The lowest BCUT2D eigenvalue weighted by atomic mass is 10.1. The van der Waals surface area contributed by atoms with E-state index >= 15 is 0 Å². The first-order valence-electron chi connectivity index (χ1n) is 7.44. The summed E-state index contributed by atoms with van der Waals surface area (Å²) < 4.78 is 2.02. The first kappa shape index (κ1) is 12.1. The Balaban J connectivity index is 1.95. The van der Waals surface area contributed by atoms with Crippen LogP contribution in [-0.2, 0) is 6.42 Å². The van der Waals surface area contributed by atoms with Crippen LogP contribution in [-0.4, -0.2) is 21.5 Å². The molecule has 4 heteroatoms. The number of aromatic nitrogens is 2. The second-order valence-electron chi connectivity index (χ2n) is 5.98. The molecule has 0 radical (unpaired) electrons. The van der Waals surface area contributed by atoms with Gasteiger partial charge in [-0.15, -0.1) is 0 Å². The molecular formula is C16H18N2O2. The van der Waals surface area contributed by atoms with E-state index in [1.807, 2.05) is 10.7 Å². The Kier molecular flexibility index (Phi) is 2.67. The molecule has 0 bridgehead atoms. The van der Waals surface area contributed by atoms with Gasteiger partial charge in [-0.1, -0.05) is 6.07 Å². The van der Waals surface area contributed by atoms with Crippen LogP contribution in [0.25, 0.3) is 10.9 Å². The summed E-state index contributed by atoms with van der Waals surface area (Å²) in [7, 11) is 0. The molecule has 0 saturated heterocycles. The fourth-order valence-electron chi connectivity index (χ4n) is 2.85. The standard InChI is InChI=1S/C16H18N2O2/c19-8-7-14-16(20)13-6-3-11(10-1-2-10)9-15(13)18(17-14)12-4-5-12/h3,6,9-10,12,19H,1-2,4-5,7-8H2. The minimum absolute atomic E-state index is 0.0201. The van der Waals surface area contributed by atoms with E-state index in [9.17, 15) is 4.79 Å². The van der Waals surface area contributed by atoms with Crippen LogP contribution in [0.3, 0.4) is 0 Å². The van der Waals surface area contributed by atoms with E-state index < -0.39 is 0 Å². The predicted molar refractivity (Wildman–Crippen MR) is 77.0 cm³/mol. The molecule has 2 aliphatic carbocycles. The maximum Gasteiger partial charge on any atom is 0.211 e. The quantitative estimate of drug-likeness (QED) is 0.926. The Hall–Kier alpha value is -1.68. The summed E-state index contributed by atoms with van der Waals surface area (Å²) in [4.78, 5) is 12.4. The van der Waals surface area contributed by atoms with Crippen LogP contribution in [0.2, 0.25) is 0 Å². The third-order valence-corrected chi connectivity index (χ3v) is 4.29. The molecule has 0 atom stereocenters. The zero-order valence-electron chi connectivity index (χ0n) is 11.4. The summed E-state index contributed by atoms with van der Waals surface area (Å²) in [5, 5.41) is 14.4. The van der Waals surface area contributed by atoms with Gasteiger partial charge in [-0.2, -0.15) is 5.10 Å². The van der Waals surface area contributed by atoms with Gasteiger partial charge >= 0.3 is 0 Å². The zero-order chi connectivity index (χ0) is 13.7. The number of benzene rings is 1. The minimum Gasteiger partial charge on any atom is -0.396 e. The summed E-state index contributed by atoms with van der Waals surface area (Å²) in [5.74, 6) is 0.680. The van der Waals surface area contributed by atoms with Gasteiger partial charge in [0.1, 0.15) is 5.69 Å². The van der Waals surface area contributed by atoms with Crippen molar-refractivity contribution in [1.29, 1.82) is 0 Å².